The minimum Gasteiger partial charge on any atom is -0.353 e. The zero-order valence-electron chi connectivity index (χ0n) is 6.22. The van der Waals surface area contributed by atoms with Crippen LogP contribution in [-0.2, 0) is 4.79 Å². The molecule has 0 spiro atoms. The summed E-state index contributed by atoms with van der Waals surface area (Å²) in [6.07, 6.45) is 0.964. The summed E-state index contributed by atoms with van der Waals surface area (Å²) >= 11 is 3.53. The van der Waals surface area contributed by atoms with Crippen molar-refractivity contribution >= 4 is 21.8 Å². The smallest absolute Gasteiger partial charge is 0.237 e. The summed E-state index contributed by atoms with van der Waals surface area (Å²) in [4.78, 5) is 14.0. The van der Waals surface area contributed by atoms with Crippen molar-refractivity contribution in [2.45, 2.75) is 17.3 Å². The molecule has 0 aliphatic carbocycles. The molecule has 2 atom stereocenters. The monoisotopic (exact) mass is 218 g/mol. The number of nitrogens with one attached hydrogen (secondary N) is 1. The third kappa shape index (κ3) is 1.29. The Morgan fingerprint density at radius 1 is 1.64 bits per heavy atom. The zero-order valence-corrected chi connectivity index (χ0v) is 7.80. The fraction of sp³-hybridized carbons (Fsp3) is 0.857. The highest BCUT2D eigenvalue weighted by molar-refractivity contribution is 9.09. The molecule has 62 valence electrons. The van der Waals surface area contributed by atoms with Gasteiger partial charge in [0.15, 0.2) is 0 Å². The van der Waals surface area contributed by atoms with E-state index in [1.54, 1.807) is 0 Å². The van der Waals surface area contributed by atoms with Crippen molar-refractivity contribution in [1.29, 1.82) is 0 Å². The first-order valence-electron chi connectivity index (χ1n) is 3.93. The van der Waals surface area contributed by atoms with E-state index in [-0.39, 0.29) is 11.9 Å². The molecule has 1 N–H and O–H groups in total. The van der Waals surface area contributed by atoms with E-state index in [1.807, 2.05) is 0 Å². The molecule has 2 aliphatic heterocycles. The minimum absolute atomic E-state index is 0.146. The highest BCUT2D eigenvalue weighted by Gasteiger charge is 2.37. The number of fused-ring (bicyclic) bond motifs is 1. The summed E-state index contributed by atoms with van der Waals surface area (Å²) in [5, 5.41) is 2.87. The fourth-order valence-electron chi connectivity index (χ4n) is 1.81. The molecule has 4 heteroatoms. The van der Waals surface area contributed by atoms with Gasteiger partial charge in [-0.15, -0.1) is 0 Å². The molecule has 2 saturated heterocycles. The number of amides is 1. The summed E-state index contributed by atoms with van der Waals surface area (Å²) in [6.45, 7) is 2.85. The highest BCUT2D eigenvalue weighted by atomic mass is 79.9. The third-order valence-electron chi connectivity index (χ3n) is 2.35. The Balaban J connectivity index is 2.09. The average Bonchev–Trinajstić information content (AvgIpc) is 2.31. The van der Waals surface area contributed by atoms with E-state index in [0.29, 0.717) is 4.83 Å². The zero-order chi connectivity index (χ0) is 7.84. The van der Waals surface area contributed by atoms with E-state index in [9.17, 15) is 4.79 Å². The summed E-state index contributed by atoms with van der Waals surface area (Å²) in [5.74, 6) is 0.207. The van der Waals surface area contributed by atoms with E-state index in [2.05, 4.69) is 26.1 Å². The van der Waals surface area contributed by atoms with E-state index in [4.69, 9.17) is 0 Å². The molecular formula is C7H11BrN2O. The van der Waals surface area contributed by atoms with Crippen molar-refractivity contribution in [2.24, 2.45) is 0 Å². The molecule has 2 aliphatic rings. The molecule has 0 aromatic rings. The van der Waals surface area contributed by atoms with E-state index >= 15 is 0 Å². The molecule has 2 heterocycles. The Labute approximate surface area is 74.3 Å². The van der Waals surface area contributed by atoms with E-state index < -0.39 is 0 Å². The normalized spacial score (nSPS) is 38.5. The van der Waals surface area contributed by atoms with E-state index in [0.717, 1.165) is 26.1 Å². The van der Waals surface area contributed by atoms with Crippen LogP contribution in [0.2, 0.25) is 0 Å². The predicted octanol–water partition coefficient (Wildman–Crippen LogP) is -0.0460. The summed E-state index contributed by atoms with van der Waals surface area (Å²) < 4.78 is 0. The van der Waals surface area contributed by atoms with Crippen molar-refractivity contribution in [2.75, 3.05) is 19.6 Å². The third-order valence-corrected chi connectivity index (χ3v) is 3.02. The van der Waals surface area contributed by atoms with Crippen LogP contribution in [0.15, 0.2) is 0 Å². The number of alkyl halides is 1. The first-order chi connectivity index (χ1) is 5.27. The molecule has 2 rings (SSSR count). The lowest BCUT2D eigenvalue weighted by atomic mass is 10.2. The second kappa shape index (κ2) is 2.75. The Morgan fingerprint density at radius 3 is 3.18 bits per heavy atom. The lowest BCUT2D eigenvalue weighted by molar-refractivity contribution is -0.127. The number of nitrogens with zero attached hydrogens (tertiary/aromatic N) is 1. The molecule has 0 aromatic carbocycles. The van der Waals surface area contributed by atoms with Gasteiger partial charge in [0.1, 0.15) is 0 Å². The quantitative estimate of drug-likeness (QED) is 0.579. The van der Waals surface area contributed by atoms with Crippen molar-refractivity contribution in [3.63, 3.8) is 0 Å². The number of hydrogen-bond acceptors (Lipinski definition) is 2. The van der Waals surface area contributed by atoms with Crippen LogP contribution >= 0.6 is 15.9 Å². The van der Waals surface area contributed by atoms with Gasteiger partial charge >= 0.3 is 0 Å². The SMILES string of the molecule is O=C1NCCN2CC(Br)CC12. The molecule has 2 fully saturated rings. The van der Waals surface area contributed by atoms with Gasteiger partial charge in [0, 0.05) is 24.5 Å². The second-order valence-electron chi connectivity index (χ2n) is 3.13. The molecule has 0 bridgehead atoms. The van der Waals surface area contributed by atoms with E-state index in [1.165, 1.54) is 0 Å². The molecule has 0 radical (unpaired) electrons. The van der Waals surface area contributed by atoms with Crippen molar-refractivity contribution < 1.29 is 4.79 Å². The van der Waals surface area contributed by atoms with Crippen LogP contribution in [0, 0.1) is 0 Å². The van der Waals surface area contributed by atoms with Gasteiger partial charge in [-0.3, -0.25) is 9.69 Å². The number of rotatable bonds is 0. The van der Waals surface area contributed by atoms with Gasteiger partial charge in [-0.1, -0.05) is 15.9 Å². The second-order valence-corrected chi connectivity index (χ2v) is 4.43. The summed E-state index contributed by atoms with van der Waals surface area (Å²) in [5.41, 5.74) is 0. The highest BCUT2D eigenvalue weighted by Crippen LogP contribution is 2.24. The maximum atomic E-state index is 11.2. The number of carbonyl (C=O) groups excluding carboxylic acids is 1. The van der Waals surface area contributed by atoms with Gasteiger partial charge in [-0.25, -0.2) is 0 Å². The summed E-state index contributed by atoms with van der Waals surface area (Å²) in [7, 11) is 0. The summed E-state index contributed by atoms with van der Waals surface area (Å²) in [6, 6.07) is 0.146. The van der Waals surface area contributed by atoms with Crippen LogP contribution in [0.4, 0.5) is 0 Å². The van der Waals surface area contributed by atoms with Crippen molar-refractivity contribution in [3.8, 4) is 0 Å². The number of halogens is 1. The first-order valence-corrected chi connectivity index (χ1v) is 4.85. The Morgan fingerprint density at radius 2 is 2.45 bits per heavy atom. The van der Waals surface area contributed by atoms with Crippen LogP contribution in [-0.4, -0.2) is 41.3 Å². The molecule has 1 amide bonds. The van der Waals surface area contributed by atoms with Crippen molar-refractivity contribution in [3.05, 3.63) is 0 Å². The lowest BCUT2D eigenvalue weighted by Gasteiger charge is -2.28. The van der Waals surface area contributed by atoms with Gasteiger partial charge in [0.05, 0.1) is 6.04 Å². The number of piperazine rings is 1. The molecule has 0 saturated carbocycles. The lowest BCUT2D eigenvalue weighted by Crippen LogP contribution is -2.51. The number of hydrogen-bond donors (Lipinski definition) is 1. The van der Waals surface area contributed by atoms with Gasteiger partial charge in [0.25, 0.3) is 0 Å². The van der Waals surface area contributed by atoms with Crippen molar-refractivity contribution in [1.82, 2.24) is 10.2 Å². The predicted molar refractivity (Wildman–Crippen MR) is 45.7 cm³/mol. The Kier molecular flexibility index (Phi) is 1.89. The Bertz CT molecular complexity index is 185. The van der Waals surface area contributed by atoms with Crippen LogP contribution < -0.4 is 5.32 Å². The average molecular weight is 219 g/mol. The van der Waals surface area contributed by atoms with Crippen LogP contribution in [0.3, 0.4) is 0 Å². The fourth-order valence-corrected chi connectivity index (χ4v) is 2.53. The molecule has 3 nitrogen and oxygen atoms in total. The largest absolute Gasteiger partial charge is 0.353 e. The van der Waals surface area contributed by atoms with Gasteiger partial charge in [-0.05, 0) is 6.42 Å². The number of carbonyl (C=O) groups is 1. The van der Waals surface area contributed by atoms with Crippen LogP contribution in [0.1, 0.15) is 6.42 Å². The van der Waals surface area contributed by atoms with Gasteiger partial charge in [-0.2, -0.15) is 0 Å². The maximum Gasteiger partial charge on any atom is 0.237 e. The molecular weight excluding hydrogens is 208 g/mol. The van der Waals surface area contributed by atoms with Crippen LogP contribution in [0.5, 0.6) is 0 Å². The maximum absolute atomic E-state index is 11.2. The van der Waals surface area contributed by atoms with Gasteiger partial charge in [0.2, 0.25) is 5.91 Å². The van der Waals surface area contributed by atoms with Crippen LogP contribution in [0.25, 0.3) is 0 Å². The van der Waals surface area contributed by atoms with Gasteiger partial charge < -0.3 is 5.32 Å². The molecule has 0 aromatic heterocycles. The molecule has 11 heavy (non-hydrogen) atoms. The topological polar surface area (TPSA) is 32.3 Å². The standard InChI is InChI=1S/C7H11BrN2O/c8-5-3-6-7(11)9-1-2-10(6)4-5/h5-6H,1-4H2,(H,9,11). The minimum atomic E-state index is 0.146. The molecule has 2 unspecified atom stereocenters. The Hall–Kier alpha value is -0.0900. The first kappa shape index (κ1) is 7.55.